The van der Waals surface area contributed by atoms with Crippen molar-refractivity contribution in [2.24, 2.45) is 0 Å². The number of nitrogens with one attached hydrogen (secondary N) is 1. The van der Waals surface area contributed by atoms with E-state index in [0.29, 0.717) is 12.1 Å². The topological polar surface area (TPSA) is 21.3 Å². The summed E-state index contributed by atoms with van der Waals surface area (Å²) in [7, 11) is 0. The molecule has 18 heavy (non-hydrogen) atoms. The predicted molar refractivity (Wildman–Crippen MR) is 76.0 cm³/mol. The van der Waals surface area contributed by atoms with Gasteiger partial charge in [-0.25, -0.2) is 0 Å². The summed E-state index contributed by atoms with van der Waals surface area (Å²) in [4.78, 5) is 0. The molecule has 1 aliphatic rings. The fraction of sp³-hybridized carbons (Fsp3) is 0.625. The highest BCUT2D eigenvalue weighted by Crippen LogP contribution is 2.27. The van der Waals surface area contributed by atoms with Crippen molar-refractivity contribution in [1.29, 1.82) is 0 Å². The average molecular weight is 247 g/mol. The van der Waals surface area contributed by atoms with Crippen molar-refractivity contribution in [3.63, 3.8) is 0 Å². The summed E-state index contributed by atoms with van der Waals surface area (Å²) in [5, 5.41) is 3.47. The van der Waals surface area contributed by atoms with Crippen molar-refractivity contribution in [3.8, 4) is 5.75 Å². The first-order valence-corrected chi connectivity index (χ1v) is 7.14. The van der Waals surface area contributed by atoms with E-state index in [1.54, 1.807) is 0 Å². The zero-order valence-corrected chi connectivity index (χ0v) is 11.8. The second kappa shape index (κ2) is 6.24. The largest absolute Gasteiger partial charge is 0.490 e. The molecule has 0 unspecified atom stereocenters. The van der Waals surface area contributed by atoms with Crippen molar-refractivity contribution in [2.75, 3.05) is 0 Å². The van der Waals surface area contributed by atoms with Crippen LogP contribution >= 0.6 is 0 Å². The molecule has 1 saturated carbocycles. The van der Waals surface area contributed by atoms with Crippen LogP contribution in [0.2, 0.25) is 0 Å². The molecule has 0 heterocycles. The van der Waals surface area contributed by atoms with E-state index in [9.17, 15) is 0 Å². The van der Waals surface area contributed by atoms with Crippen molar-refractivity contribution in [1.82, 2.24) is 5.32 Å². The Labute approximate surface area is 111 Å². The lowest BCUT2D eigenvalue weighted by molar-refractivity contribution is 0.207. The highest BCUT2D eigenvalue weighted by molar-refractivity contribution is 5.37. The quantitative estimate of drug-likeness (QED) is 0.854. The molecule has 0 bridgehead atoms. The third-order valence-electron chi connectivity index (χ3n) is 3.51. The molecule has 0 amide bonds. The van der Waals surface area contributed by atoms with Gasteiger partial charge in [-0.05, 0) is 38.7 Å². The molecule has 0 aliphatic heterocycles. The second-order valence-electron chi connectivity index (χ2n) is 5.67. The molecular weight excluding hydrogens is 222 g/mol. The molecule has 0 atom stereocenters. The van der Waals surface area contributed by atoms with Crippen LogP contribution in [-0.4, -0.2) is 12.1 Å². The summed E-state index contributed by atoms with van der Waals surface area (Å²) in [6.45, 7) is 7.38. The minimum absolute atomic E-state index is 0.436. The Morgan fingerprint density at radius 2 is 2.00 bits per heavy atom. The summed E-state index contributed by atoms with van der Waals surface area (Å²) < 4.78 is 6.15. The Morgan fingerprint density at radius 1 is 1.28 bits per heavy atom. The van der Waals surface area contributed by atoms with E-state index in [1.165, 1.54) is 36.8 Å². The monoisotopic (exact) mass is 247 g/mol. The first kappa shape index (κ1) is 13.4. The zero-order valence-electron chi connectivity index (χ0n) is 11.8. The summed E-state index contributed by atoms with van der Waals surface area (Å²) in [6, 6.07) is 7.01. The van der Waals surface area contributed by atoms with Gasteiger partial charge in [-0.15, -0.1) is 0 Å². The molecule has 1 aromatic carbocycles. The zero-order chi connectivity index (χ0) is 13.0. The number of rotatable bonds is 5. The van der Waals surface area contributed by atoms with E-state index < -0.39 is 0 Å². The summed E-state index contributed by atoms with van der Waals surface area (Å²) in [5.41, 5.74) is 2.59. The van der Waals surface area contributed by atoms with Crippen molar-refractivity contribution in [3.05, 3.63) is 29.3 Å². The molecule has 2 rings (SSSR count). The maximum absolute atomic E-state index is 6.15. The van der Waals surface area contributed by atoms with Gasteiger partial charge in [-0.2, -0.15) is 0 Å². The van der Waals surface area contributed by atoms with Crippen LogP contribution in [0.5, 0.6) is 5.75 Å². The molecule has 0 saturated heterocycles. The molecule has 100 valence electrons. The predicted octanol–water partition coefficient (Wildman–Crippen LogP) is 3.81. The van der Waals surface area contributed by atoms with E-state index in [0.717, 1.165) is 12.3 Å². The van der Waals surface area contributed by atoms with Crippen molar-refractivity contribution in [2.45, 2.75) is 65.1 Å². The summed E-state index contributed by atoms with van der Waals surface area (Å²) in [6.07, 6.45) is 5.49. The molecule has 1 aliphatic carbocycles. The van der Waals surface area contributed by atoms with Crippen LogP contribution in [0.3, 0.4) is 0 Å². The maximum atomic E-state index is 6.15. The van der Waals surface area contributed by atoms with Gasteiger partial charge >= 0.3 is 0 Å². The lowest BCUT2D eigenvalue weighted by Crippen LogP contribution is -2.23. The van der Waals surface area contributed by atoms with Gasteiger partial charge in [-0.3, -0.25) is 0 Å². The number of ether oxygens (including phenoxy) is 1. The number of aryl methyl sites for hydroxylation is 1. The first-order valence-electron chi connectivity index (χ1n) is 7.14. The van der Waals surface area contributed by atoms with E-state index in [2.05, 4.69) is 44.3 Å². The van der Waals surface area contributed by atoms with E-state index in [1.807, 2.05) is 0 Å². The van der Waals surface area contributed by atoms with Crippen molar-refractivity contribution < 1.29 is 4.74 Å². The summed E-state index contributed by atoms with van der Waals surface area (Å²) >= 11 is 0. The lowest BCUT2D eigenvalue weighted by atomic mass is 10.1. The Balaban J connectivity index is 2.06. The van der Waals surface area contributed by atoms with Gasteiger partial charge in [0.15, 0.2) is 0 Å². The second-order valence-corrected chi connectivity index (χ2v) is 5.67. The van der Waals surface area contributed by atoms with Crippen LogP contribution < -0.4 is 10.1 Å². The van der Waals surface area contributed by atoms with Crippen LogP contribution in [0.15, 0.2) is 18.2 Å². The Morgan fingerprint density at radius 3 is 2.67 bits per heavy atom. The molecule has 1 aromatic rings. The summed E-state index contributed by atoms with van der Waals surface area (Å²) in [5.74, 6) is 1.07. The molecule has 2 heteroatoms. The number of benzene rings is 1. The van der Waals surface area contributed by atoms with E-state index in [4.69, 9.17) is 4.74 Å². The molecule has 1 fully saturated rings. The highest BCUT2D eigenvalue weighted by atomic mass is 16.5. The molecule has 1 N–H and O–H groups in total. The van der Waals surface area contributed by atoms with Gasteiger partial charge in [0.05, 0.1) is 6.10 Å². The maximum Gasteiger partial charge on any atom is 0.124 e. The Bertz CT molecular complexity index is 381. The van der Waals surface area contributed by atoms with Crippen LogP contribution in [0.25, 0.3) is 0 Å². The van der Waals surface area contributed by atoms with E-state index in [-0.39, 0.29) is 0 Å². The van der Waals surface area contributed by atoms with Gasteiger partial charge in [-0.1, -0.05) is 31.5 Å². The average Bonchev–Trinajstić information content (AvgIpc) is 2.82. The van der Waals surface area contributed by atoms with E-state index >= 15 is 0 Å². The van der Waals surface area contributed by atoms with Crippen LogP contribution in [0, 0.1) is 6.92 Å². The van der Waals surface area contributed by atoms with Crippen LogP contribution in [0.4, 0.5) is 0 Å². The SMILES string of the molecule is Cc1ccc(OC2CCCC2)c(CNC(C)C)c1. The standard InChI is InChI=1S/C16H25NO/c1-12(2)17-11-14-10-13(3)8-9-16(14)18-15-6-4-5-7-15/h8-10,12,15,17H,4-7,11H2,1-3H3. The molecule has 2 nitrogen and oxygen atoms in total. The van der Waals surface area contributed by atoms with Gasteiger partial charge in [0.1, 0.15) is 5.75 Å². The van der Waals surface area contributed by atoms with Gasteiger partial charge in [0.2, 0.25) is 0 Å². The molecular formula is C16H25NO. The minimum atomic E-state index is 0.436. The number of hydrogen-bond donors (Lipinski definition) is 1. The normalized spacial score (nSPS) is 16.4. The third kappa shape index (κ3) is 3.74. The Kier molecular flexibility index (Phi) is 4.65. The smallest absolute Gasteiger partial charge is 0.124 e. The first-order chi connectivity index (χ1) is 8.65. The van der Waals surface area contributed by atoms with Crippen LogP contribution in [-0.2, 0) is 6.54 Å². The van der Waals surface area contributed by atoms with Crippen molar-refractivity contribution >= 4 is 0 Å². The third-order valence-corrected chi connectivity index (χ3v) is 3.51. The van der Waals surface area contributed by atoms with Crippen LogP contribution in [0.1, 0.15) is 50.7 Å². The van der Waals surface area contributed by atoms with Gasteiger partial charge in [0, 0.05) is 18.2 Å². The molecule has 0 radical (unpaired) electrons. The highest BCUT2D eigenvalue weighted by Gasteiger charge is 2.17. The molecule has 0 aromatic heterocycles. The van der Waals surface area contributed by atoms with Gasteiger partial charge in [0.25, 0.3) is 0 Å². The van der Waals surface area contributed by atoms with Gasteiger partial charge < -0.3 is 10.1 Å². The molecule has 0 spiro atoms. The lowest BCUT2D eigenvalue weighted by Gasteiger charge is -2.18. The Hall–Kier alpha value is -1.02. The number of hydrogen-bond acceptors (Lipinski definition) is 2. The minimum Gasteiger partial charge on any atom is -0.490 e. The fourth-order valence-corrected chi connectivity index (χ4v) is 2.46. The fourth-order valence-electron chi connectivity index (χ4n) is 2.46.